The van der Waals surface area contributed by atoms with Gasteiger partial charge in [0.25, 0.3) is 0 Å². The SMILES string of the molecule is COc1cc2nc(C(N=[N+]=[N-])C(C)C)n(Cc3ccccc3)c(=O)n2n1. The molecule has 0 fully saturated rings. The molecule has 3 aromatic rings. The van der Waals surface area contributed by atoms with Gasteiger partial charge in [-0.3, -0.25) is 4.57 Å². The molecule has 0 saturated heterocycles. The summed E-state index contributed by atoms with van der Waals surface area (Å²) in [6.07, 6.45) is 0. The van der Waals surface area contributed by atoms with Gasteiger partial charge in [-0.05, 0) is 17.0 Å². The summed E-state index contributed by atoms with van der Waals surface area (Å²) in [7, 11) is 1.47. The number of rotatable bonds is 6. The average Bonchev–Trinajstić information content (AvgIpc) is 3.06. The number of azide groups is 1. The Kier molecular flexibility index (Phi) is 4.90. The maximum absolute atomic E-state index is 13.0. The Hall–Kier alpha value is -3.32. The maximum atomic E-state index is 13.0. The first-order valence-corrected chi connectivity index (χ1v) is 8.17. The molecular formula is C17H19N7O2. The Morgan fingerprint density at radius 1 is 1.31 bits per heavy atom. The first-order chi connectivity index (χ1) is 12.5. The maximum Gasteiger partial charge on any atom is 0.352 e. The predicted octanol–water partition coefficient (Wildman–Crippen LogP) is 2.96. The lowest BCUT2D eigenvalue weighted by atomic mass is 10.0. The van der Waals surface area contributed by atoms with Gasteiger partial charge in [-0.2, -0.15) is 4.52 Å². The predicted molar refractivity (Wildman–Crippen MR) is 96.1 cm³/mol. The van der Waals surface area contributed by atoms with Crippen molar-refractivity contribution in [1.82, 2.24) is 19.2 Å². The normalized spacial score (nSPS) is 12.2. The minimum absolute atomic E-state index is 0.0351. The number of benzene rings is 1. The standard InChI is InChI=1S/C17H19N7O2/c1-11(2)15(20-22-18)16-19-13-9-14(26-3)21-24(13)17(25)23(16)10-12-7-5-4-6-8-12/h4-9,11,15H,10H2,1-3H3. The fraction of sp³-hybridized carbons (Fsp3) is 0.353. The molecule has 1 atom stereocenters. The molecule has 0 bridgehead atoms. The Morgan fingerprint density at radius 2 is 2.04 bits per heavy atom. The smallest absolute Gasteiger partial charge is 0.352 e. The molecule has 0 amide bonds. The van der Waals surface area contributed by atoms with E-state index in [1.807, 2.05) is 44.2 Å². The van der Waals surface area contributed by atoms with Gasteiger partial charge >= 0.3 is 5.69 Å². The van der Waals surface area contributed by atoms with Crippen molar-refractivity contribution in [3.05, 3.63) is 68.7 Å². The van der Waals surface area contributed by atoms with Crippen LogP contribution < -0.4 is 10.4 Å². The molecule has 0 N–H and O–H groups in total. The summed E-state index contributed by atoms with van der Waals surface area (Å²) >= 11 is 0. The summed E-state index contributed by atoms with van der Waals surface area (Å²) in [4.78, 5) is 20.5. The lowest BCUT2D eigenvalue weighted by Crippen LogP contribution is -2.33. The number of fused-ring (bicyclic) bond motifs is 1. The summed E-state index contributed by atoms with van der Waals surface area (Å²) in [6, 6.07) is 10.5. The van der Waals surface area contributed by atoms with Crippen LogP contribution in [0.5, 0.6) is 5.88 Å². The van der Waals surface area contributed by atoms with Crippen molar-refractivity contribution < 1.29 is 4.74 Å². The Bertz CT molecular complexity index is 1020. The first kappa shape index (κ1) is 17.5. The van der Waals surface area contributed by atoms with E-state index in [4.69, 9.17) is 10.3 Å². The molecule has 0 aliphatic rings. The minimum atomic E-state index is -0.581. The van der Waals surface area contributed by atoms with Gasteiger partial charge in [0.05, 0.1) is 19.7 Å². The van der Waals surface area contributed by atoms with Crippen LogP contribution in [0.25, 0.3) is 16.1 Å². The zero-order valence-electron chi connectivity index (χ0n) is 14.8. The number of ether oxygens (including phenoxy) is 1. The van der Waals surface area contributed by atoms with E-state index in [0.29, 0.717) is 23.9 Å². The lowest BCUT2D eigenvalue weighted by Gasteiger charge is -2.19. The van der Waals surface area contributed by atoms with Crippen LogP contribution in [0.2, 0.25) is 0 Å². The molecule has 26 heavy (non-hydrogen) atoms. The second-order valence-corrected chi connectivity index (χ2v) is 6.17. The van der Waals surface area contributed by atoms with Crippen LogP contribution in [-0.4, -0.2) is 26.3 Å². The van der Waals surface area contributed by atoms with Gasteiger partial charge in [0.1, 0.15) is 5.82 Å². The molecule has 3 rings (SSSR count). The fourth-order valence-electron chi connectivity index (χ4n) is 2.74. The molecule has 134 valence electrons. The van der Waals surface area contributed by atoms with Gasteiger partial charge in [-0.25, -0.2) is 9.78 Å². The fourth-order valence-corrected chi connectivity index (χ4v) is 2.74. The van der Waals surface area contributed by atoms with Gasteiger partial charge in [-0.1, -0.05) is 49.3 Å². The van der Waals surface area contributed by atoms with Crippen molar-refractivity contribution in [1.29, 1.82) is 0 Å². The van der Waals surface area contributed by atoms with Crippen LogP contribution in [0.15, 0.2) is 46.3 Å². The van der Waals surface area contributed by atoms with Crippen molar-refractivity contribution in [2.24, 2.45) is 11.0 Å². The third-order valence-corrected chi connectivity index (χ3v) is 4.05. The molecule has 0 aliphatic heterocycles. The number of hydrogen-bond acceptors (Lipinski definition) is 5. The topological polar surface area (TPSA) is 110 Å². The van der Waals surface area contributed by atoms with Crippen LogP contribution in [0, 0.1) is 5.92 Å². The molecule has 1 unspecified atom stereocenters. The zero-order valence-corrected chi connectivity index (χ0v) is 14.8. The summed E-state index contributed by atoms with van der Waals surface area (Å²) in [5.41, 5.74) is 9.87. The van der Waals surface area contributed by atoms with Crippen LogP contribution >= 0.6 is 0 Å². The van der Waals surface area contributed by atoms with E-state index < -0.39 is 6.04 Å². The number of hydrogen-bond donors (Lipinski definition) is 0. The molecule has 9 nitrogen and oxygen atoms in total. The van der Waals surface area contributed by atoms with E-state index in [9.17, 15) is 4.79 Å². The van der Waals surface area contributed by atoms with Crippen molar-refractivity contribution >= 4 is 5.65 Å². The second kappa shape index (κ2) is 7.28. The molecule has 1 aromatic carbocycles. The van der Waals surface area contributed by atoms with E-state index >= 15 is 0 Å². The van der Waals surface area contributed by atoms with Crippen LogP contribution in [0.1, 0.15) is 31.3 Å². The highest BCUT2D eigenvalue weighted by molar-refractivity contribution is 5.41. The summed E-state index contributed by atoms with van der Waals surface area (Å²) in [5, 5.41) is 7.99. The highest BCUT2D eigenvalue weighted by Crippen LogP contribution is 2.25. The van der Waals surface area contributed by atoms with Crippen LogP contribution in [0.3, 0.4) is 0 Å². The van der Waals surface area contributed by atoms with E-state index in [1.54, 1.807) is 6.07 Å². The Labute approximate surface area is 149 Å². The zero-order chi connectivity index (χ0) is 18.7. The molecule has 0 saturated carbocycles. The van der Waals surface area contributed by atoms with Gasteiger partial charge < -0.3 is 4.74 Å². The van der Waals surface area contributed by atoms with Crippen LogP contribution in [0.4, 0.5) is 0 Å². The van der Waals surface area contributed by atoms with E-state index in [-0.39, 0.29) is 11.6 Å². The summed E-state index contributed by atoms with van der Waals surface area (Å²) < 4.78 is 7.79. The number of methoxy groups -OCH3 is 1. The van der Waals surface area contributed by atoms with Gasteiger partial charge in [0.2, 0.25) is 5.88 Å². The van der Waals surface area contributed by atoms with E-state index in [2.05, 4.69) is 20.1 Å². The third kappa shape index (κ3) is 3.25. The highest BCUT2D eigenvalue weighted by atomic mass is 16.5. The summed E-state index contributed by atoms with van der Waals surface area (Å²) in [6.45, 7) is 4.13. The number of aromatic nitrogens is 4. The van der Waals surface area contributed by atoms with Gasteiger partial charge in [0.15, 0.2) is 5.65 Å². The van der Waals surface area contributed by atoms with Crippen molar-refractivity contribution in [3.8, 4) is 5.88 Å². The molecule has 2 heterocycles. The highest BCUT2D eigenvalue weighted by Gasteiger charge is 2.23. The second-order valence-electron chi connectivity index (χ2n) is 6.17. The van der Waals surface area contributed by atoms with Crippen molar-refractivity contribution in [2.75, 3.05) is 7.11 Å². The lowest BCUT2D eigenvalue weighted by molar-refractivity contribution is 0.393. The molecule has 9 heteroatoms. The third-order valence-electron chi connectivity index (χ3n) is 4.05. The van der Waals surface area contributed by atoms with Crippen molar-refractivity contribution in [2.45, 2.75) is 26.4 Å². The summed E-state index contributed by atoms with van der Waals surface area (Å²) in [5.74, 6) is 0.664. The van der Waals surface area contributed by atoms with Crippen LogP contribution in [-0.2, 0) is 6.54 Å². The molecule has 0 spiro atoms. The van der Waals surface area contributed by atoms with E-state index in [0.717, 1.165) is 5.56 Å². The Morgan fingerprint density at radius 3 is 2.65 bits per heavy atom. The number of nitrogens with zero attached hydrogens (tertiary/aromatic N) is 7. The first-order valence-electron chi connectivity index (χ1n) is 8.17. The van der Waals surface area contributed by atoms with E-state index in [1.165, 1.54) is 16.2 Å². The monoisotopic (exact) mass is 353 g/mol. The minimum Gasteiger partial charge on any atom is -0.480 e. The molecule has 0 radical (unpaired) electrons. The largest absolute Gasteiger partial charge is 0.480 e. The van der Waals surface area contributed by atoms with Crippen molar-refractivity contribution in [3.63, 3.8) is 0 Å². The van der Waals surface area contributed by atoms with Gasteiger partial charge in [0, 0.05) is 11.0 Å². The Balaban J connectivity index is 2.26. The van der Waals surface area contributed by atoms with Gasteiger partial charge in [-0.15, -0.1) is 5.10 Å². The molecule has 0 aliphatic carbocycles. The average molecular weight is 353 g/mol. The molecular weight excluding hydrogens is 334 g/mol. The molecule has 2 aromatic heterocycles. The quantitative estimate of drug-likeness (QED) is 0.385.